The summed E-state index contributed by atoms with van der Waals surface area (Å²) in [6.45, 7) is 4.69. The number of rotatable bonds is 3. The second kappa shape index (κ2) is 5.90. The molecule has 0 radical (unpaired) electrons. The topological polar surface area (TPSA) is 57.6 Å². The molecule has 1 fully saturated rings. The average Bonchev–Trinajstić information content (AvgIpc) is 2.80. The zero-order valence-electron chi connectivity index (χ0n) is 11.7. The van der Waals surface area contributed by atoms with Crippen molar-refractivity contribution >= 4 is 18.0 Å². The number of hydrogen-bond acceptors (Lipinski definition) is 2. The van der Waals surface area contributed by atoms with Gasteiger partial charge >= 0.3 is 5.97 Å². The van der Waals surface area contributed by atoms with E-state index in [0.717, 1.165) is 5.56 Å². The smallest absolute Gasteiger partial charge is 0.308 e. The lowest BCUT2D eigenvalue weighted by atomic mass is 9.99. The van der Waals surface area contributed by atoms with E-state index < -0.39 is 11.9 Å². The molecule has 0 unspecified atom stereocenters. The Morgan fingerprint density at radius 2 is 1.90 bits per heavy atom. The molecule has 20 heavy (non-hydrogen) atoms. The number of aliphatic carboxylic acids is 1. The molecule has 0 bridgehead atoms. The Hall–Kier alpha value is -2.10. The number of carboxylic acids is 1. The Bertz CT molecular complexity index is 533. The van der Waals surface area contributed by atoms with Crippen LogP contribution in [0.3, 0.4) is 0 Å². The van der Waals surface area contributed by atoms with E-state index in [2.05, 4.69) is 0 Å². The highest BCUT2D eigenvalue weighted by atomic mass is 16.4. The van der Waals surface area contributed by atoms with Gasteiger partial charge in [0.15, 0.2) is 0 Å². The third kappa shape index (κ3) is 3.26. The fourth-order valence-electron chi connectivity index (χ4n) is 2.42. The Labute approximate surface area is 118 Å². The van der Waals surface area contributed by atoms with Gasteiger partial charge in [-0.1, -0.05) is 36.8 Å². The maximum absolute atomic E-state index is 12.0. The highest BCUT2D eigenvalue weighted by Crippen LogP contribution is 2.23. The van der Waals surface area contributed by atoms with E-state index in [1.165, 1.54) is 11.6 Å². The summed E-state index contributed by atoms with van der Waals surface area (Å²) in [5.41, 5.74) is 2.14. The van der Waals surface area contributed by atoms with Gasteiger partial charge in [-0.15, -0.1) is 0 Å². The van der Waals surface area contributed by atoms with Gasteiger partial charge in [0, 0.05) is 19.2 Å². The van der Waals surface area contributed by atoms with Crippen LogP contribution in [0.15, 0.2) is 30.3 Å². The summed E-state index contributed by atoms with van der Waals surface area (Å²) in [4.78, 5) is 24.7. The molecule has 4 nitrogen and oxygen atoms in total. The zero-order chi connectivity index (χ0) is 14.7. The zero-order valence-corrected chi connectivity index (χ0v) is 11.7. The standard InChI is InChI=1S/C16H19NO3/c1-11-3-5-13(6-4-11)7-8-15(18)17-9-12(2)14(10-17)16(19)20/h3-8,12,14H,9-10H2,1-2H3,(H,19,20)/b8-7+/t12-,14-/m1/s1. The van der Waals surface area contributed by atoms with Crippen molar-refractivity contribution in [2.24, 2.45) is 11.8 Å². The van der Waals surface area contributed by atoms with Crippen LogP contribution in [0.25, 0.3) is 6.08 Å². The van der Waals surface area contributed by atoms with Crippen LogP contribution in [-0.4, -0.2) is 35.0 Å². The van der Waals surface area contributed by atoms with Crippen LogP contribution in [0.5, 0.6) is 0 Å². The first kappa shape index (κ1) is 14.3. The van der Waals surface area contributed by atoms with Crippen molar-refractivity contribution in [3.8, 4) is 0 Å². The van der Waals surface area contributed by atoms with Gasteiger partial charge in [-0.25, -0.2) is 0 Å². The number of carbonyl (C=O) groups is 2. The van der Waals surface area contributed by atoms with E-state index in [0.29, 0.717) is 13.1 Å². The Morgan fingerprint density at radius 3 is 2.45 bits per heavy atom. The minimum absolute atomic E-state index is 0.00391. The number of amides is 1. The summed E-state index contributed by atoms with van der Waals surface area (Å²) in [7, 11) is 0. The lowest BCUT2D eigenvalue weighted by Gasteiger charge is -2.12. The van der Waals surface area contributed by atoms with E-state index in [9.17, 15) is 9.59 Å². The van der Waals surface area contributed by atoms with E-state index in [1.54, 1.807) is 11.0 Å². The lowest BCUT2D eigenvalue weighted by molar-refractivity contribution is -0.142. The average molecular weight is 273 g/mol. The molecule has 4 heteroatoms. The number of likely N-dealkylation sites (tertiary alicyclic amines) is 1. The van der Waals surface area contributed by atoms with Crippen molar-refractivity contribution in [1.29, 1.82) is 0 Å². The number of carboxylic acid groups (broad SMARTS) is 1. The lowest BCUT2D eigenvalue weighted by Crippen LogP contribution is -2.28. The van der Waals surface area contributed by atoms with Crippen LogP contribution in [0.4, 0.5) is 0 Å². The second-order valence-corrected chi connectivity index (χ2v) is 5.41. The van der Waals surface area contributed by atoms with Crippen molar-refractivity contribution < 1.29 is 14.7 Å². The molecule has 1 N–H and O–H groups in total. The van der Waals surface area contributed by atoms with Crippen LogP contribution >= 0.6 is 0 Å². The molecule has 1 aromatic rings. The van der Waals surface area contributed by atoms with Crippen molar-refractivity contribution in [3.05, 3.63) is 41.5 Å². The van der Waals surface area contributed by atoms with Crippen LogP contribution in [0, 0.1) is 18.8 Å². The minimum Gasteiger partial charge on any atom is -0.481 e. The highest BCUT2D eigenvalue weighted by molar-refractivity contribution is 5.92. The second-order valence-electron chi connectivity index (χ2n) is 5.41. The van der Waals surface area contributed by atoms with Gasteiger partial charge in [-0.2, -0.15) is 0 Å². The Morgan fingerprint density at radius 1 is 1.25 bits per heavy atom. The third-order valence-electron chi connectivity index (χ3n) is 3.74. The summed E-state index contributed by atoms with van der Waals surface area (Å²) >= 11 is 0. The highest BCUT2D eigenvalue weighted by Gasteiger charge is 2.36. The number of carbonyl (C=O) groups excluding carboxylic acids is 1. The number of nitrogens with zero attached hydrogens (tertiary/aromatic N) is 1. The molecule has 0 aliphatic carbocycles. The summed E-state index contributed by atoms with van der Waals surface area (Å²) in [6, 6.07) is 7.88. The molecule has 1 amide bonds. The van der Waals surface area contributed by atoms with Crippen LogP contribution in [-0.2, 0) is 9.59 Å². The monoisotopic (exact) mass is 273 g/mol. The normalized spacial score (nSPS) is 22.4. The molecule has 1 heterocycles. The van der Waals surface area contributed by atoms with Gasteiger partial charge in [-0.3, -0.25) is 9.59 Å². The van der Waals surface area contributed by atoms with Gasteiger partial charge < -0.3 is 10.0 Å². The van der Waals surface area contributed by atoms with Gasteiger partial charge in [0.2, 0.25) is 5.91 Å². The van der Waals surface area contributed by atoms with Gasteiger partial charge in [0.1, 0.15) is 0 Å². The first-order chi connectivity index (χ1) is 9.47. The third-order valence-corrected chi connectivity index (χ3v) is 3.74. The van der Waals surface area contributed by atoms with Crippen molar-refractivity contribution in [3.63, 3.8) is 0 Å². The largest absolute Gasteiger partial charge is 0.481 e. The van der Waals surface area contributed by atoms with Crippen LogP contribution in [0.2, 0.25) is 0 Å². The minimum atomic E-state index is -0.824. The van der Waals surface area contributed by atoms with E-state index in [-0.39, 0.29) is 11.8 Å². The summed E-state index contributed by atoms with van der Waals surface area (Å²) < 4.78 is 0. The molecule has 2 atom stereocenters. The first-order valence-corrected chi connectivity index (χ1v) is 6.74. The molecule has 1 aliphatic heterocycles. The fraction of sp³-hybridized carbons (Fsp3) is 0.375. The number of benzene rings is 1. The molecular formula is C16H19NO3. The molecule has 1 saturated heterocycles. The fourth-order valence-corrected chi connectivity index (χ4v) is 2.42. The quantitative estimate of drug-likeness (QED) is 0.859. The number of aryl methyl sites for hydroxylation is 1. The van der Waals surface area contributed by atoms with Crippen molar-refractivity contribution in [2.45, 2.75) is 13.8 Å². The van der Waals surface area contributed by atoms with Gasteiger partial charge in [0.05, 0.1) is 5.92 Å². The molecule has 0 aromatic heterocycles. The van der Waals surface area contributed by atoms with E-state index in [4.69, 9.17) is 5.11 Å². The summed E-state index contributed by atoms with van der Waals surface area (Å²) in [5.74, 6) is -1.40. The Balaban J connectivity index is 1.99. The maximum Gasteiger partial charge on any atom is 0.308 e. The molecular weight excluding hydrogens is 254 g/mol. The van der Waals surface area contributed by atoms with E-state index in [1.807, 2.05) is 38.1 Å². The molecule has 0 saturated carbocycles. The molecule has 2 rings (SSSR count). The van der Waals surface area contributed by atoms with Crippen LogP contribution < -0.4 is 0 Å². The SMILES string of the molecule is Cc1ccc(/C=C/C(=O)N2C[C@@H](C)[C@H](C(=O)O)C2)cc1. The maximum atomic E-state index is 12.0. The van der Waals surface area contributed by atoms with Crippen molar-refractivity contribution in [1.82, 2.24) is 4.90 Å². The molecule has 1 aliphatic rings. The summed E-state index contributed by atoms with van der Waals surface area (Å²) in [5, 5.41) is 9.06. The first-order valence-electron chi connectivity index (χ1n) is 6.74. The predicted molar refractivity (Wildman–Crippen MR) is 77.1 cm³/mol. The molecule has 1 aromatic carbocycles. The van der Waals surface area contributed by atoms with Gasteiger partial charge in [0.25, 0.3) is 0 Å². The predicted octanol–water partition coefficient (Wildman–Crippen LogP) is 2.19. The summed E-state index contributed by atoms with van der Waals surface area (Å²) in [6.07, 6.45) is 3.28. The van der Waals surface area contributed by atoms with Gasteiger partial charge in [-0.05, 0) is 24.5 Å². The number of hydrogen-bond donors (Lipinski definition) is 1. The molecule has 106 valence electrons. The van der Waals surface area contributed by atoms with Crippen LogP contribution in [0.1, 0.15) is 18.1 Å². The molecule has 0 spiro atoms. The van der Waals surface area contributed by atoms with E-state index >= 15 is 0 Å². The Kier molecular flexibility index (Phi) is 4.23. The van der Waals surface area contributed by atoms with Crippen molar-refractivity contribution in [2.75, 3.05) is 13.1 Å².